The molecule has 0 bridgehead atoms. The number of aryl methyl sites for hydroxylation is 2. The monoisotopic (exact) mass is 316 g/mol. The first kappa shape index (κ1) is 16.5. The zero-order chi connectivity index (χ0) is 15.9. The highest BCUT2D eigenvalue weighted by atomic mass is 35.5. The number of nitrogens with zero attached hydrogens (tertiary/aromatic N) is 2. The third-order valence-corrected chi connectivity index (χ3v) is 4.14. The molecular weight excluding hydrogens is 296 g/mol. The SMILES string of the molecule is CCN(CCCc1ccncc1)C(=O)c1ccc(Cl)c(C)c1. The van der Waals surface area contributed by atoms with Gasteiger partial charge in [-0.3, -0.25) is 9.78 Å². The van der Waals surface area contributed by atoms with Crippen molar-refractivity contribution in [2.24, 2.45) is 0 Å². The molecule has 0 aliphatic heterocycles. The number of amides is 1. The highest BCUT2D eigenvalue weighted by molar-refractivity contribution is 6.31. The Morgan fingerprint density at radius 3 is 2.59 bits per heavy atom. The van der Waals surface area contributed by atoms with Crippen molar-refractivity contribution in [2.45, 2.75) is 26.7 Å². The van der Waals surface area contributed by atoms with Crippen molar-refractivity contribution >= 4 is 17.5 Å². The molecular formula is C18H21ClN2O. The van der Waals surface area contributed by atoms with Crippen molar-refractivity contribution in [3.63, 3.8) is 0 Å². The van der Waals surface area contributed by atoms with Gasteiger partial charge in [-0.05, 0) is 68.1 Å². The van der Waals surface area contributed by atoms with Crippen LogP contribution >= 0.6 is 11.6 Å². The summed E-state index contributed by atoms with van der Waals surface area (Å²) in [7, 11) is 0. The van der Waals surface area contributed by atoms with Gasteiger partial charge in [0, 0.05) is 36.1 Å². The summed E-state index contributed by atoms with van der Waals surface area (Å²) in [6.07, 6.45) is 5.49. The van der Waals surface area contributed by atoms with Gasteiger partial charge in [-0.1, -0.05) is 11.6 Å². The normalized spacial score (nSPS) is 10.5. The van der Waals surface area contributed by atoms with Crippen LogP contribution in [0.25, 0.3) is 0 Å². The summed E-state index contributed by atoms with van der Waals surface area (Å²) in [5.41, 5.74) is 2.88. The minimum absolute atomic E-state index is 0.0667. The van der Waals surface area contributed by atoms with Crippen molar-refractivity contribution in [3.05, 3.63) is 64.4 Å². The fourth-order valence-corrected chi connectivity index (χ4v) is 2.50. The van der Waals surface area contributed by atoms with Crippen molar-refractivity contribution in [3.8, 4) is 0 Å². The molecule has 0 aliphatic carbocycles. The van der Waals surface area contributed by atoms with E-state index in [1.54, 1.807) is 24.5 Å². The first-order chi connectivity index (χ1) is 10.6. The Kier molecular flexibility index (Phi) is 5.96. The highest BCUT2D eigenvalue weighted by Gasteiger charge is 2.14. The quantitative estimate of drug-likeness (QED) is 0.802. The lowest BCUT2D eigenvalue weighted by Crippen LogP contribution is -2.32. The summed E-state index contributed by atoms with van der Waals surface area (Å²) >= 11 is 6.02. The summed E-state index contributed by atoms with van der Waals surface area (Å²) in [5.74, 6) is 0.0667. The van der Waals surface area contributed by atoms with Gasteiger partial charge in [-0.2, -0.15) is 0 Å². The molecule has 2 rings (SSSR count). The van der Waals surface area contributed by atoms with E-state index < -0.39 is 0 Å². The van der Waals surface area contributed by atoms with E-state index in [4.69, 9.17) is 11.6 Å². The van der Waals surface area contributed by atoms with Crippen molar-refractivity contribution in [1.29, 1.82) is 0 Å². The minimum Gasteiger partial charge on any atom is -0.339 e. The fourth-order valence-electron chi connectivity index (χ4n) is 2.39. The smallest absolute Gasteiger partial charge is 0.253 e. The zero-order valence-electron chi connectivity index (χ0n) is 13.1. The standard InChI is InChI=1S/C18H21ClN2O/c1-3-21(12-4-5-15-8-10-20-11-9-15)18(22)16-6-7-17(19)14(2)13-16/h6-11,13H,3-5,12H2,1-2H3. The van der Waals surface area contributed by atoms with E-state index >= 15 is 0 Å². The summed E-state index contributed by atoms with van der Waals surface area (Å²) in [6, 6.07) is 9.47. The summed E-state index contributed by atoms with van der Waals surface area (Å²) in [5, 5.41) is 0.692. The molecule has 0 atom stereocenters. The lowest BCUT2D eigenvalue weighted by molar-refractivity contribution is 0.0762. The second kappa shape index (κ2) is 7.95. The Balaban J connectivity index is 1.95. The lowest BCUT2D eigenvalue weighted by Gasteiger charge is -2.21. The second-order valence-electron chi connectivity index (χ2n) is 5.31. The molecule has 0 saturated carbocycles. The summed E-state index contributed by atoms with van der Waals surface area (Å²) in [4.78, 5) is 18.4. The maximum absolute atomic E-state index is 12.6. The largest absolute Gasteiger partial charge is 0.339 e. The fraction of sp³-hybridized carbons (Fsp3) is 0.333. The van der Waals surface area contributed by atoms with E-state index in [0.29, 0.717) is 17.1 Å². The molecule has 3 nitrogen and oxygen atoms in total. The van der Waals surface area contributed by atoms with Gasteiger partial charge < -0.3 is 4.90 Å². The molecule has 4 heteroatoms. The molecule has 0 spiro atoms. The number of rotatable bonds is 6. The molecule has 1 aromatic heterocycles. The van der Waals surface area contributed by atoms with Crippen molar-refractivity contribution < 1.29 is 4.79 Å². The molecule has 0 unspecified atom stereocenters. The lowest BCUT2D eigenvalue weighted by atomic mass is 10.1. The van der Waals surface area contributed by atoms with Gasteiger partial charge in [0.1, 0.15) is 0 Å². The van der Waals surface area contributed by atoms with Crippen LogP contribution in [0.15, 0.2) is 42.7 Å². The van der Waals surface area contributed by atoms with E-state index in [9.17, 15) is 4.79 Å². The third-order valence-electron chi connectivity index (χ3n) is 3.72. The Labute approximate surface area is 136 Å². The van der Waals surface area contributed by atoms with Crippen LogP contribution in [0.4, 0.5) is 0 Å². The number of aromatic nitrogens is 1. The van der Waals surface area contributed by atoms with Crippen LogP contribution in [0.5, 0.6) is 0 Å². The minimum atomic E-state index is 0.0667. The third kappa shape index (κ3) is 4.31. The van der Waals surface area contributed by atoms with Gasteiger partial charge in [-0.15, -0.1) is 0 Å². The molecule has 2 aromatic rings. The topological polar surface area (TPSA) is 33.2 Å². The van der Waals surface area contributed by atoms with E-state index in [1.165, 1.54) is 5.56 Å². The Hall–Kier alpha value is -1.87. The van der Waals surface area contributed by atoms with Gasteiger partial charge in [0.25, 0.3) is 5.91 Å². The van der Waals surface area contributed by atoms with Crippen molar-refractivity contribution in [2.75, 3.05) is 13.1 Å². The van der Waals surface area contributed by atoms with Crippen LogP contribution in [0.1, 0.15) is 34.8 Å². The van der Waals surface area contributed by atoms with E-state index in [0.717, 1.165) is 24.9 Å². The Morgan fingerprint density at radius 1 is 1.23 bits per heavy atom. The number of carbonyl (C=O) groups is 1. The average Bonchev–Trinajstić information content (AvgIpc) is 2.54. The predicted octanol–water partition coefficient (Wildman–Crippen LogP) is 4.14. The molecule has 1 amide bonds. The van der Waals surface area contributed by atoms with Gasteiger partial charge in [0.05, 0.1) is 0 Å². The number of halogens is 1. The zero-order valence-corrected chi connectivity index (χ0v) is 13.8. The molecule has 0 fully saturated rings. The van der Waals surface area contributed by atoms with Crippen LogP contribution in [0.2, 0.25) is 5.02 Å². The predicted molar refractivity (Wildman–Crippen MR) is 90.3 cm³/mol. The van der Waals surface area contributed by atoms with Crippen molar-refractivity contribution in [1.82, 2.24) is 9.88 Å². The molecule has 22 heavy (non-hydrogen) atoms. The van der Waals surface area contributed by atoms with Crippen LogP contribution in [0.3, 0.4) is 0 Å². The Bertz CT molecular complexity index is 628. The van der Waals surface area contributed by atoms with Gasteiger partial charge in [-0.25, -0.2) is 0 Å². The molecule has 0 aliphatic rings. The van der Waals surface area contributed by atoms with E-state index in [2.05, 4.69) is 4.98 Å². The molecule has 0 saturated heterocycles. The summed E-state index contributed by atoms with van der Waals surface area (Å²) < 4.78 is 0. The van der Waals surface area contributed by atoms with E-state index in [-0.39, 0.29) is 5.91 Å². The van der Waals surface area contributed by atoms with Gasteiger partial charge in [0.2, 0.25) is 0 Å². The average molecular weight is 317 g/mol. The van der Waals surface area contributed by atoms with Crippen LogP contribution < -0.4 is 0 Å². The number of pyridine rings is 1. The summed E-state index contributed by atoms with van der Waals surface area (Å²) in [6.45, 7) is 5.38. The molecule has 1 heterocycles. The van der Waals surface area contributed by atoms with Gasteiger partial charge in [0.15, 0.2) is 0 Å². The number of hydrogen-bond donors (Lipinski definition) is 0. The van der Waals surface area contributed by atoms with Crippen LogP contribution in [-0.4, -0.2) is 28.9 Å². The van der Waals surface area contributed by atoms with Gasteiger partial charge >= 0.3 is 0 Å². The maximum atomic E-state index is 12.6. The first-order valence-electron chi connectivity index (χ1n) is 7.56. The molecule has 1 aromatic carbocycles. The maximum Gasteiger partial charge on any atom is 0.253 e. The second-order valence-corrected chi connectivity index (χ2v) is 5.72. The Morgan fingerprint density at radius 2 is 1.95 bits per heavy atom. The highest BCUT2D eigenvalue weighted by Crippen LogP contribution is 2.17. The molecule has 0 radical (unpaired) electrons. The number of hydrogen-bond acceptors (Lipinski definition) is 2. The van der Waals surface area contributed by atoms with Crippen LogP contribution in [0, 0.1) is 6.92 Å². The first-order valence-corrected chi connectivity index (χ1v) is 7.94. The van der Waals surface area contributed by atoms with E-state index in [1.807, 2.05) is 36.9 Å². The van der Waals surface area contributed by atoms with Crippen LogP contribution in [-0.2, 0) is 6.42 Å². The molecule has 0 N–H and O–H groups in total. The molecule has 116 valence electrons. The number of carbonyl (C=O) groups excluding carboxylic acids is 1. The number of benzene rings is 1.